The fourth-order valence-corrected chi connectivity index (χ4v) is 12.1. The lowest BCUT2D eigenvalue weighted by molar-refractivity contribution is -0.0213. The van der Waals surface area contributed by atoms with Crippen molar-refractivity contribution in [2.24, 2.45) is 4.99 Å². The number of phenolic OH excluding ortho intramolecular Hbond substituents is 1. The maximum absolute atomic E-state index is 16.4. The Kier molecular flexibility index (Phi) is 11.0. The average Bonchev–Trinajstić information content (AvgIpc) is 3.76. The first-order valence-electron chi connectivity index (χ1n) is 22.4. The molecule has 13 heteroatoms. The van der Waals surface area contributed by atoms with E-state index in [1.165, 1.54) is 24.3 Å². The zero-order valence-corrected chi connectivity index (χ0v) is 37.3. The third-order valence-electron chi connectivity index (χ3n) is 14.5. The van der Waals surface area contributed by atoms with E-state index < -0.39 is 23.2 Å². The SMILES string of the molecule is Cc1sc2c(c1C)C(c1ccc(N3CCC(O)(CN4CCC(c5cc(F)c([C@@H]6c7ccc(O)cc7CC[C@@H]6c6ccc(F)cc6)c(F)c5)CC4)CC3)cc1F)=N[C@@H](C)c1nnc(C)n1-2. The first-order valence-corrected chi connectivity index (χ1v) is 23.2. The first-order chi connectivity index (χ1) is 30.7. The lowest BCUT2D eigenvalue weighted by atomic mass is 9.68. The number of β-amino-alcohol motifs (C(OH)–C–C–N with tert-alkyl or cyclic N) is 1. The van der Waals surface area contributed by atoms with Crippen molar-refractivity contribution >= 4 is 22.7 Å². The largest absolute Gasteiger partial charge is 0.508 e. The number of anilines is 1. The Balaban J connectivity index is 0.792. The Morgan fingerprint density at radius 3 is 2.22 bits per heavy atom. The highest BCUT2D eigenvalue weighted by Crippen LogP contribution is 2.49. The minimum absolute atomic E-state index is 0.00198. The Hall–Kier alpha value is -5.37. The molecular weight excluding hydrogens is 837 g/mol. The van der Waals surface area contributed by atoms with E-state index in [9.17, 15) is 14.6 Å². The minimum atomic E-state index is -0.913. The van der Waals surface area contributed by atoms with Gasteiger partial charge in [0.1, 0.15) is 45.9 Å². The molecule has 64 heavy (non-hydrogen) atoms. The van der Waals surface area contributed by atoms with E-state index in [2.05, 4.69) is 33.8 Å². The molecule has 2 fully saturated rings. The number of thiophene rings is 1. The van der Waals surface area contributed by atoms with Crippen LogP contribution in [-0.4, -0.2) is 73.9 Å². The highest BCUT2D eigenvalue weighted by atomic mass is 32.1. The number of likely N-dealkylation sites (tertiary alicyclic amines) is 1. The van der Waals surface area contributed by atoms with Crippen molar-refractivity contribution in [1.29, 1.82) is 0 Å². The van der Waals surface area contributed by atoms with Gasteiger partial charge in [0.15, 0.2) is 5.82 Å². The van der Waals surface area contributed by atoms with Crippen molar-refractivity contribution in [2.75, 3.05) is 37.6 Å². The number of hydrogen-bond acceptors (Lipinski definition) is 8. The summed E-state index contributed by atoms with van der Waals surface area (Å²) in [7, 11) is 0. The summed E-state index contributed by atoms with van der Waals surface area (Å²) in [5, 5.41) is 31.7. The molecule has 0 bridgehead atoms. The van der Waals surface area contributed by atoms with E-state index in [1.807, 2.05) is 30.5 Å². The van der Waals surface area contributed by atoms with Crippen molar-refractivity contribution in [2.45, 2.75) is 95.6 Å². The highest BCUT2D eigenvalue weighted by Gasteiger charge is 2.39. The Labute approximate surface area is 374 Å². The van der Waals surface area contributed by atoms with Crippen molar-refractivity contribution in [3.05, 3.63) is 157 Å². The number of fused-ring (bicyclic) bond motifs is 4. The lowest BCUT2D eigenvalue weighted by Gasteiger charge is -2.43. The lowest BCUT2D eigenvalue weighted by Crippen LogP contribution is -2.52. The summed E-state index contributed by atoms with van der Waals surface area (Å²) in [6.07, 6.45) is 3.68. The van der Waals surface area contributed by atoms with Crippen LogP contribution < -0.4 is 4.90 Å². The van der Waals surface area contributed by atoms with Gasteiger partial charge >= 0.3 is 0 Å². The molecule has 0 unspecified atom stereocenters. The molecule has 0 spiro atoms. The van der Waals surface area contributed by atoms with Crippen molar-refractivity contribution in [3.63, 3.8) is 0 Å². The molecule has 4 aromatic carbocycles. The molecule has 0 radical (unpaired) electrons. The average molecular weight is 889 g/mol. The molecule has 1 aliphatic carbocycles. The van der Waals surface area contributed by atoms with Crippen LogP contribution in [0, 0.1) is 44.0 Å². The van der Waals surface area contributed by atoms with Crippen molar-refractivity contribution in [1.82, 2.24) is 19.7 Å². The number of aliphatic hydroxyl groups is 1. The van der Waals surface area contributed by atoms with Gasteiger partial charge in [-0.2, -0.15) is 0 Å². The van der Waals surface area contributed by atoms with Gasteiger partial charge in [0.2, 0.25) is 0 Å². The van der Waals surface area contributed by atoms with Crippen LogP contribution in [0.3, 0.4) is 0 Å². The van der Waals surface area contributed by atoms with E-state index in [-0.39, 0.29) is 40.8 Å². The Bertz CT molecular complexity index is 2760. The maximum Gasteiger partial charge on any atom is 0.162 e. The summed E-state index contributed by atoms with van der Waals surface area (Å²) in [6.45, 7) is 11.0. The quantitative estimate of drug-likeness (QED) is 0.155. The predicted molar refractivity (Wildman–Crippen MR) is 242 cm³/mol. The fraction of sp³-hybridized carbons (Fsp3) is 0.392. The predicted octanol–water partition coefficient (Wildman–Crippen LogP) is 10.5. The van der Waals surface area contributed by atoms with Crippen LogP contribution in [0.4, 0.5) is 23.2 Å². The monoisotopic (exact) mass is 888 g/mol. The number of rotatable bonds is 7. The van der Waals surface area contributed by atoms with Gasteiger partial charge in [0.25, 0.3) is 0 Å². The zero-order chi connectivity index (χ0) is 44.6. The number of piperidine rings is 2. The smallest absolute Gasteiger partial charge is 0.162 e. The molecule has 3 atom stereocenters. The number of aromatic hydroxyl groups is 1. The summed E-state index contributed by atoms with van der Waals surface area (Å²) in [6, 6.07) is 19.2. The van der Waals surface area contributed by atoms with Crippen LogP contribution in [0.5, 0.6) is 5.75 Å². The number of halogens is 4. The number of aromatic nitrogens is 3. The van der Waals surface area contributed by atoms with E-state index in [0.29, 0.717) is 88.1 Å². The molecule has 8 nitrogen and oxygen atoms in total. The Morgan fingerprint density at radius 2 is 1.52 bits per heavy atom. The molecule has 3 aliphatic heterocycles. The van der Waals surface area contributed by atoms with Gasteiger partial charge in [0, 0.05) is 52.8 Å². The van der Waals surface area contributed by atoms with Gasteiger partial charge in [0.05, 0.1) is 11.3 Å². The topological polar surface area (TPSA) is 90.0 Å². The van der Waals surface area contributed by atoms with Gasteiger partial charge in [-0.25, -0.2) is 17.6 Å². The molecule has 2 saturated heterocycles. The molecule has 2 N–H and O–H groups in total. The summed E-state index contributed by atoms with van der Waals surface area (Å²) in [4.78, 5) is 10.5. The number of nitrogens with zero attached hydrogens (tertiary/aromatic N) is 6. The van der Waals surface area contributed by atoms with E-state index in [1.54, 1.807) is 47.7 Å². The minimum Gasteiger partial charge on any atom is -0.508 e. The zero-order valence-electron chi connectivity index (χ0n) is 36.5. The molecule has 5 heterocycles. The standard InChI is InChI=1S/C51H52F4N6O2S/c1-28-30(3)64-50-45(28)48(56-29(2)49-58-57-31(4)61(49)50)41-13-10-37(26-42(41)53)60-21-17-51(63,18-22-60)27-59-19-15-32(16-20-59)35-24-43(54)47(44(55)25-35)46-39(33-5-8-36(52)9-6-33)12-7-34-23-38(62)11-14-40(34)46/h5-6,8-11,13-14,23-26,29,32,39,46,62-63H,7,12,15-22,27H2,1-4H3/t29-,39+,46-/m0/s1. The Morgan fingerprint density at radius 1 is 0.797 bits per heavy atom. The molecule has 0 saturated carbocycles. The second-order valence-electron chi connectivity index (χ2n) is 18.4. The molecular formula is C51H52F4N6O2S. The number of benzene rings is 4. The molecule has 2 aromatic heterocycles. The number of phenols is 1. The second kappa shape index (κ2) is 16.6. The van der Waals surface area contributed by atoms with Gasteiger partial charge in [-0.05, 0) is 174 Å². The third-order valence-corrected chi connectivity index (χ3v) is 15.7. The number of aryl methyl sites for hydroxylation is 3. The summed E-state index contributed by atoms with van der Waals surface area (Å²) < 4.78 is 65.1. The number of aliphatic imine (C=N–C) groups is 1. The molecule has 6 aromatic rings. The van der Waals surface area contributed by atoms with Crippen LogP contribution >= 0.6 is 11.3 Å². The summed E-state index contributed by atoms with van der Waals surface area (Å²) in [5.74, 6) is -1.24. The maximum atomic E-state index is 16.4. The van der Waals surface area contributed by atoms with E-state index >= 15 is 13.2 Å². The summed E-state index contributed by atoms with van der Waals surface area (Å²) >= 11 is 1.64. The van der Waals surface area contributed by atoms with Gasteiger partial charge < -0.3 is 20.0 Å². The van der Waals surface area contributed by atoms with Crippen molar-refractivity contribution < 1.29 is 27.8 Å². The van der Waals surface area contributed by atoms with Gasteiger partial charge in [-0.15, -0.1) is 21.5 Å². The number of hydrogen-bond donors (Lipinski definition) is 2. The molecule has 332 valence electrons. The molecule has 10 rings (SSSR count). The first kappa shape index (κ1) is 42.6. The van der Waals surface area contributed by atoms with Crippen LogP contribution in [0.25, 0.3) is 5.00 Å². The van der Waals surface area contributed by atoms with E-state index in [4.69, 9.17) is 4.99 Å². The highest BCUT2D eigenvalue weighted by molar-refractivity contribution is 7.15. The van der Waals surface area contributed by atoms with E-state index in [0.717, 1.165) is 55.0 Å². The normalized spacial score (nSPS) is 21.2. The van der Waals surface area contributed by atoms with Crippen LogP contribution in [-0.2, 0) is 6.42 Å². The second-order valence-corrected chi connectivity index (χ2v) is 19.6. The van der Waals surface area contributed by atoms with Crippen LogP contribution in [0.15, 0.2) is 77.8 Å². The summed E-state index contributed by atoms with van der Waals surface area (Å²) in [5.41, 5.74) is 5.97. The van der Waals surface area contributed by atoms with Gasteiger partial charge in [-0.1, -0.05) is 18.2 Å². The van der Waals surface area contributed by atoms with Crippen LogP contribution in [0.1, 0.15) is 124 Å². The van der Waals surface area contributed by atoms with Crippen LogP contribution in [0.2, 0.25) is 0 Å². The third kappa shape index (κ3) is 7.62. The van der Waals surface area contributed by atoms with Gasteiger partial charge in [-0.3, -0.25) is 9.56 Å². The fourth-order valence-electron chi connectivity index (χ4n) is 10.9. The molecule has 4 aliphatic rings. The molecule has 0 amide bonds. The van der Waals surface area contributed by atoms with Crippen molar-refractivity contribution in [3.8, 4) is 10.8 Å².